The van der Waals surface area contributed by atoms with Crippen LogP contribution in [0.5, 0.6) is 5.88 Å². The van der Waals surface area contributed by atoms with Gasteiger partial charge in [0.05, 0.1) is 28.8 Å². The fourth-order valence-corrected chi connectivity index (χ4v) is 8.20. The smallest absolute Gasteiger partial charge is 0.226 e. The number of hydrogen-bond acceptors (Lipinski definition) is 9. The molecule has 0 unspecified atom stereocenters. The third kappa shape index (κ3) is 5.93. The topological polar surface area (TPSA) is 88.5 Å². The van der Waals surface area contributed by atoms with Gasteiger partial charge in [-0.05, 0) is 82.9 Å². The van der Waals surface area contributed by atoms with E-state index < -0.39 is 9.84 Å². The zero-order chi connectivity index (χ0) is 27.1. The van der Waals surface area contributed by atoms with Gasteiger partial charge >= 0.3 is 0 Å². The van der Waals surface area contributed by atoms with E-state index in [1.54, 1.807) is 17.5 Å². The molecule has 3 aromatic rings. The summed E-state index contributed by atoms with van der Waals surface area (Å²) in [6.07, 6.45) is 12.0. The van der Waals surface area contributed by atoms with Crippen molar-refractivity contribution in [1.29, 1.82) is 0 Å². The van der Waals surface area contributed by atoms with E-state index in [9.17, 15) is 8.42 Å². The van der Waals surface area contributed by atoms with E-state index in [2.05, 4.69) is 21.7 Å². The number of piperidine rings is 2. The largest absolute Gasteiger partial charge is 0.481 e. The summed E-state index contributed by atoms with van der Waals surface area (Å²) in [5.74, 6) is 2.89. The monoisotopic (exact) mass is 569 g/mol. The Balaban J connectivity index is 1.41. The minimum atomic E-state index is -3.26. The number of rotatable bonds is 8. The van der Waals surface area contributed by atoms with Crippen molar-refractivity contribution in [2.45, 2.75) is 64.2 Å². The second-order valence-electron chi connectivity index (χ2n) is 11.6. The standard InChI is InChI=1S/C29H39N5O3S2/c1-19-24(17-33-13-9-21(10-14-33)20-7-8-20)26-27(38-19)25(31-29(32-26)34-11-5-4-6-12-34)22-15-23(18-39(3,35)36)28(37-2)30-16-22/h15-16,20-21H,4-14,17-18H2,1-3H3. The lowest BCUT2D eigenvalue weighted by atomic mass is 9.92. The Hall–Kier alpha value is -2.30. The summed E-state index contributed by atoms with van der Waals surface area (Å²) < 4.78 is 30.8. The number of anilines is 1. The van der Waals surface area contributed by atoms with Crippen LogP contribution in [0.1, 0.15) is 60.9 Å². The molecule has 2 aliphatic heterocycles. The van der Waals surface area contributed by atoms with Crippen molar-refractivity contribution in [3.63, 3.8) is 0 Å². The molecule has 6 rings (SSSR count). The number of methoxy groups -OCH3 is 1. The van der Waals surface area contributed by atoms with Gasteiger partial charge in [0.15, 0.2) is 9.84 Å². The van der Waals surface area contributed by atoms with E-state index in [0.29, 0.717) is 11.4 Å². The van der Waals surface area contributed by atoms with Gasteiger partial charge in [0.25, 0.3) is 0 Å². The normalized spacial score (nSPS) is 19.6. The molecule has 0 amide bonds. The molecule has 0 radical (unpaired) electrons. The highest BCUT2D eigenvalue weighted by atomic mass is 32.2. The molecule has 1 saturated carbocycles. The average Bonchev–Trinajstić information content (AvgIpc) is 3.73. The number of aromatic nitrogens is 3. The highest BCUT2D eigenvalue weighted by Crippen LogP contribution is 2.43. The van der Waals surface area contributed by atoms with Crippen LogP contribution in [0.25, 0.3) is 21.5 Å². The summed E-state index contributed by atoms with van der Waals surface area (Å²) >= 11 is 1.74. The Morgan fingerprint density at radius 1 is 1.03 bits per heavy atom. The molecule has 8 nitrogen and oxygen atoms in total. The predicted octanol–water partition coefficient (Wildman–Crippen LogP) is 5.23. The van der Waals surface area contributed by atoms with Crippen LogP contribution in [-0.4, -0.2) is 67.8 Å². The van der Waals surface area contributed by atoms with Crippen LogP contribution in [0, 0.1) is 18.8 Å². The minimum Gasteiger partial charge on any atom is -0.481 e. The number of hydrogen-bond donors (Lipinski definition) is 0. The van der Waals surface area contributed by atoms with Gasteiger partial charge in [0.2, 0.25) is 11.8 Å². The van der Waals surface area contributed by atoms with E-state index in [1.807, 2.05) is 6.07 Å². The first-order valence-electron chi connectivity index (χ1n) is 14.3. The molecule has 10 heteroatoms. The molecule has 210 valence electrons. The second-order valence-corrected chi connectivity index (χ2v) is 15.0. The summed E-state index contributed by atoms with van der Waals surface area (Å²) in [7, 11) is -1.74. The number of pyridine rings is 1. The van der Waals surface area contributed by atoms with Crippen LogP contribution in [-0.2, 0) is 22.1 Å². The molecular weight excluding hydrogens is 530 g/mol. The van der Waals surface area contributed by atoms with Crippen LogP contribution < -0.4 is 9.64 Å². The number of nitrogens with zero attached hydrogens (tertiary/aromatic N) is 5. The third-order valence-electron chi connectivity index (χ3n) is 8.57. The van der Waals surface area contributed by atoms with Gasteiger partial charge in [-0.3, -0.25) is 4.90 Å². The molecule has 3 fully saturated rings. The van der Waals surface area contributed by atoms with E-state index >= 15 is 0 Å². The lowest BCUT2D eigenvalue weighted by Gasteiger charge is -2.32. The van der Waals surface area contributed by atoms with E-state index in [0.717, 1.165) is 84.8 Å². The maximum absolute atomic E-state index is 12.2. The average molecular weight is 570 g/mol. The van der Waals surface area contributed by atoms with Crippen molar-refractivity contribution in [1.82, 2.24) is 19.9 Å². The van der Waals surface area contributed by atoms with Gasteiger partial charge in [-0.15, -0.1) is 11.3 Å². The van der Waals surface area contributed by atoms with Gasteiger partial charge in [0.1, 0.15) is 0 Å². The lowest BCUT2D eigenvalue weighted by molar-refractivity contribution is 0.166. The summed E-state index contributed by atoms with van der Waals surface area (Å²) in [6, 6.07) is 1.88. The molecule has 3 aromatic heterocycles. The van der Waals surface area contributed by atoms with E-state index in [-0.39, 0.29) is 5.75 Å². The highest BCUT2D eigenvalue weighted by Gasteiger charge is 2.34. The van der Waals surface area contributed by atoms with Crippen molar-refractivity contribution in [2.75, 3.05) is 44.4 Å². The van der Waals surface area contributed by atoms with Gasteiger partial charge in [-0.1, -0.05) is 0 Å². The highest BCUT2D eigenvalue weighted by molar-refractivity contribution is 7.89. The quantitative estimate of drug-likeness (QED) is 0.365. The number of fused-ring (bicyclic) bond motifs is 1. The first-order chi connectivity index (χ1) is 18.8. The minimum absolute atomic E-state index is 0.129. The molecule has 1 aliphatic carbocycles. The van der Waals surface area contributed by atoms with E-state index in [1.165, 1.54) is 55.9 Å². The van der Waals surface area contributed by atoms with E-state index in [4.69, 9.17) is 14.7 Å². The molecule has 0 bridgehead atoms. The van der Waals surface area contributed by atoms with Crippen molar-refractivity contribution in [3.05, 3.63) is 28.3 Å². The molecule has 3 aliphatic rings. The number of likely N-dealkylation sites (tertiary alicyclic amines) is 1. The number of aryl methyl sites for hydroxylation is 1. The zero-order valence-electron chi connectivity index (χ0n) is 23.3. The number of ether oxygens (including phenoxy) is 1. The SMILES string of the molecule is COc1ncc(-c2nc(N3CCCCC3)nc3c(CN4CCC(C5CC5)CC4)c(C)sc23)cc1CS(C)(=O)=O. The van der Waals surface area contributed by atoms with Crippen LogP contribution in [0.4, 0.5) is 5.95 Å². The molecule has 0 spiro atoms. The molecular formula is C29H39N5O3S2. The van der Waals surface area contributed by atoms with Crippen molar-refractivity contribution in [3.8, 4) is 17.1 Å². The van der Waals surface area contributed by atoms with Gasteiger partial charge < -0.3 is 9.64 Å². The maximum atomic E-state index is 12.2. The first-order valence-corrected chi connectivity index (χ1v) is 17.1. The van der Waals surface area contributed by atoms with Crippen LogP contribution >= 0.6 is 11.3 Å². The van der Waals surface area contributed by atoms with Crippen LogP contribution in [0.2, 0.25) is 0 Å². The van der Waals surface area contributed by atoms with Gasteiger partial charge in [-0.2, -0.15) is 0 Å². The summed E-state index contributed by atoms with van der Waals surface area (Å²) in [5, 5.41) is 0. The molecule has 5 heterocycles. The Labute approximate surface area is 235 Å². The Morgan fingerprint density at radius 3 is 2.41 bits per heavy atom. The number of sulfone groups is 1. The first kappa shape index (κ1) is 26.9. The van der Waals surface area contributed by atoms with Crippen molar-refractivity contribution < 1.29 is 13.2 Å². The van der Waals surface area contributed by atoms with Crippen LogP contribution in [0.3, 0.4) is 0 Å². The van der Waals surface area contributed by atoms with Crippen molar-refractivity contribution in [2.24, 2.45) is 11.8 Å². The Morgan fingerprint density at radius 2 is 1.74 bits per heavy atom. The fraction of sp³-hybridized carbons (Fsp3) is 0.621. The Bertz CT molecular complexity index is 1450. The molecule has 2 saturated heterocycles. The van der Waals surface area contributed by atoms with Crippen molar-refractivity contribution >= 4 is 37.3 Å². The van der Waals surface area contributed by atoms with Gasteiger partial charge in [-0.25, -0.2) is 23.4 Å². The number of thiophene rings is 1. The Kier molecular flexibility index (Phi) is 7.54. The predicted molar refractivity (Wildman–Crippen MR) is 157 cm³/mol. The molecule has 0 aromatic carbocycles. The molecule has 0 atom stereocenters. The summed E-state index contributed by atoms with van der Waals surface area (Å²) in [5.41, 5.74) is 4.53. The molecule has 39 heavy (non-hydrogen) atoms. The summed E-state index contributed by atoms with van der Waals surface area (Å²) in [4.78, 5) is 21.0. The second kappa shape index (κ2) is 10.9. The lowest BCUT2D eigenvalue weighted by Crippen LogP contribution is -2.34. The van der Waals surface area contributed by atoms with Crippen LogP contribution in [0.15, 0.2) is 12.3 Å². The third-order valence-corrected chi connectivity index (χ3v) is 10.5. The fourth-order valence-electron chi connectivity index (χ4n) is 6.31. The molecule has 0 N–H and O–H groups in total. The maximum Gasteiger partial charge on any atom is 0.226 e. The van der Waals surface area contributed by atoms with Gasteiger partial charge in [0, 0.05) is 53.7 Å². The zero-order valence-corrected chi connectivity index (χ0v) is 24.9. The summed E-state index contributed by atoms with van der Waals surface area (Å²) in [6.45, 7) is 7.35.